The molecule has 0 aliphatic rings. The molecule has 0 aliphatic carbocycles. The molecule has 0 saturated heterocycles. The second kappa shape index (κ2) is 7.10. The molecule has 1 aromatic heterocycles. The van der Waals surface area contributed by atoms with Gasteiger partial charge in [-0.15, -0.1) is 0 Å². The van der Waals surface area contributed by atoms with Crippen molar-refractivity contribution in [3.8, 4) is 0 Å². The average molecular weight is 257 g/mol. The van der Waals surface area contributed by atoms with Crippen molar-refractivity contribution in [2.45, 2.75) is 39.3 Å². The third-order valence-corrected chi connectivity index (χ3v) is 3.41. The zero-order valence-electron chi connectivity index (χ0n) is 11.8. The second-order valence-corrected chi connectivity index (χ2v) is 4.89. The summed E-state index contributed by atoms with van der Waals surface area (Å²) < 4.78 is 1.97. The summed E-state index contributed by atoms with van der Waals surface area (Å²) in [5.41, 5.74) is 2.68. The van der Waals surface area contributed by atoms with E-state index >= 15 is 0 Å². The molecule has 102 valence electrons. The monoisotopic (exact) mass is 257 g/mol. The molecule has 2 aromatic rings. The lowest BCUT2D eigenvalue weighted by Crippen LogP contribution is -2.20. The van der Waals surface area contributed by atoms with Crippen LogP contribution < -0.4 is 5.32 Å². The van der Waals surface area contributed by atoms with Crippen LogP contribution in [0.5, 0.6) is 0 Å². The fraction of sp³-hybridized carbons (Fsp3) is 0.438. The molecular formula is C16H23N3. The lowest BCUT2D eigenvalue weighted by molar-refractivity contribution is 0.557. The van der Waals surface area contributed by atoms with Crippen LogP contribution >= 0.6 is 0 Å². The Balaban J connectivity index is 1.70. The Morgan fingerprint density at radius 3 is 2.74 bits per heavy atom. The Morgan fingerprint density at radius 2 is 2.05 bits per heavy atom. The summed E-state index contributed by atoms with van der Waals surface area (Å²) >= 11 is 0. The number of hydrogen-bond acceptors (Lipinski definition) is 2. The Bertz CT molecular complexity index is 476. The van der Waals surface area contributed by atoms with Gasteiger partial charge < -0.3 is 5.32 Å². The number of benzene rings is 1. The molecule has 2 rings (SSSR count). The highest BCUT2D eigenvalue weighted by Gasteiger charge is 2.06. The van der Waals surface area contributed by atoms with Crippen LogP contribution in [0.1, 0.15) is 37.4 Å². The molecule has 3 heteroatoms. The van der Waals surface area contributed by atoms with Crippen LogP contribution in [-0.4, -0.2) is 16.3 Å². The molecule has 1 unspecified atom stereocenters. The van der Waals surface area contributed by atoms with E-state index in [1.54, 1.807) is 0 Å². The first-order chi connectivity index (χ1) is 9.29. The van der Waals surface area contributed by atoms with Crippen LogP contribution in [0.2, 0.25) is 0 Å². The van der Waals surface area contributed by atoms with Gasteiger partial charge in [0.05, 0.1) is 6.20 Å². The third kappa shape index (κ3) is 4.21. The van der Waals surface area contributed by atoms with Crippen molar-refractivity contribution in [3.63, 3.8) is 0 Å². The molecule has 0 spiro atoms. The Kier molecular flexibility index (Phi) is 5.16. The fourth-order valence-electron chi connectivity index (χ4n) is 2.15. The van der Waals surface area contributed by atoms with Crippen molar-refractivity contribution in [2.24, 2.45) is 0 Å². The van der Waals surface area contributed by atoms with Gasteiger partial charge in [-0.05, 0) is 38.8 Å². The van der Waals surface area contributed by atoms with E-state index in [9.17, 15) is 0 Å². The Labute approximate surface area is 115 Å². The highest BCUT2D eigenvalue weighted by molar-refractivity contribution is 5.14. The van der Waals surface area contributed by atoms with Crippen LogP contribution in [-0.2, 0) is 13.0 Å². The SMILES string of the molecule is CCn1cc(C(C)NCCCc2ccccc2)cn1. The average Bonchev–Trinajstić information content (AvgIpc) is 2.93. The largest absolute Gasteiger partial charge is 0.310 e. The summed E-state index contributed by atoms with van der Waals surface area (Å²) in [5, 5.41) is 7.86. The lowest BCUT2D eigenvalue weighted by atomic mass is 10.1. The predicted octanol–water partition coefficient (Wildman–Crippen LogP) is 3.19. The molecule has 0 aliphatic heterocycles. The van der Waals surface area contributed by atoms with Crippen molar-refractivity contribution in [1.29, 1.82) is 0 Å². The summed E-state index contributed by atoms with van der Waals surface area (Å²) in [6.45, 7) is 6.27. The molecule has 1 heterocycles. The number of aryl methyl sites for hydroxylation is 2. The van der Waals surface area contributed by atoms with Gasteiger partial charge in [0.2, 0.25) is 0 Å². The van der Waals surface area contributed by atoms with E-state index < -0.39 is 0 Å². The number of nitrogens with zero attached hydrogens (tertiary/aromatic N) is 2. The van der Waals surface area contributed by atoms with Crippen molar-refractivity contribution in [2.75, 3.05) is 6.54 Å². The minimum absolute atomic E-state index is 0.371. The van der Waals surface area contributed by atoms with Gasteiger partial charge in [-0.25, -0.2) is 0 Å². The van der Waals surface area contributed by atoms with E-state index in [-0.39, 0.29) is 0 Å². The van der Waals surface area contributed by atoms with E-state index in [2.05, 4.69) is 60.8 Å². The number of aromatic nitrogens is 2. The summed E-state index contributed by atoms with van der Waals surface area (Å²) in [6.07, 6.45) is 6.37. The van der Waals surface area contributed by atoms with E-state index in [4.69, 9.17) is 0 Å². The molecule has 0 radical (unpaired) electrons. The molecule has 0 amide bonds. The van der Waals surface area contributed by atoms with Crippen LogP contribution in [0.4, 0.5) is 0 Å². The van der Waals surface area contributed by atoms with Crippen LogP contribution in [0, 0.1) is 0 Å². The standard InChI is InChI=1S/C16H23N3/c1-3-19-13-16(12-18-19)14(2)17-11-7-10-15-8-5-4-6-9-15/h4-6,8-9,12-14,17H,3,7,10-11H2,1-2H3. The Morgan fingerprint density at radius 1 is 1.26 bits per heavy atom. The normalized spacial score (nSPS) is 12.5. The smallest absolute Gasteiger partial charge is 0.0537 e. The maximum Gasteiger partial charge on any atom is 0.0537 e. The lowest BCUT2D eigenvalue weighted by Gasteiger charge is -2.11. The molecule has 3 nitrogen and oxygen atoms in total. The van der Waals surface area contributed by atoms with Gasteiger partial charge in [0, 0.05) is 24.3 Å². The number of rotatable bonds is 7. The first-order valence-corrected chi connectivity index (χ1v) is 7.09. The number of hydrogen-bond donors (Lipinski definition) is 1. The molecule has 1 N–H and O–H groups in total. The van der Waals surface area contributed by atoms with Gasteiger partial charge in [0.25, 0.3) is 0 Å². The highest BCUT2D eigenvalue weighted by Crippen LogP contribution is 2.11. The van der Waals surface area contributed by atoms with E-state index in [0.717, 1.165) is 25.9 Å². The third-order valence-electron chi connectivity index (χ3n) is 3.41. The molecule has 0 fully saturated rings. The van der Waals surface area contributed by atoms with Gasteiger partial charge >= 0.3 is 0 Å². The van der Waals surface area contributed by atoms with Crippen molar-refractivity contribution in [1.82, 2.24) is 15.1 Å². The zero-order chi connectivity index (χ0) is 13.5. The second-order valence-electron chi connectivity index (χ2n) is 4.89. The molecule has 1 atom stereocenters. The molecule has 19 heavy (non-hydrogen) atoms. The summed E-state index contributed by atoms with van der Waals surface area (Å²) in [6, 6.07) is 11.0. The van der Waals surface area contributed by atoms with E-state index in [1.165, 1.54) is 11.1 Å². The Hall–Kier alpha value is -1.61. The molecular weight excluding hydrogens is 234 g/mol. The van der Waals surface area contributed by atoms with Crippen molar-refractivity contribution < 1.29 is 0 Å². The maximum atomic E-state index is 4.31. The van der Waals surface area contributed by atoms with E-state index in [0.29, 0.717) is 6.04 Å². The zero-order valence-corrected chi connectivity index (χ0v) is 11.8. The van der Waals surface area contributed by atoms with Gasteiger partial charge in [0.15, 0.2) is 0 Å². The van der Waals surface area contributed by atoms with Gasteiger partial charge in [-0.3, -0.25) is 4.68 Å². The predicted molar refractivity (Wildman–Crippen MR) is 79.1 cm³/mol. The highest BCUT2D eigenvalue weighted by atomic mass is 15.3. The number of nitrogens with one attached hydrogen (secondary N) is 1. The quantitative estimate of drug-likeness (QED) is 0.772. The summed E-state index contributed by atoms with van der Waals surface area (Å²) in [4.78, 5) is 0. The minimum Gasteiger partial charge on any atom is -0.310 e. The van der Waals surface area contributed by atoms with Gasteiger partial charge in [0.1, 0.15) is 0 Å². The van der Waals surface area contributed by atoms with Crippen LogP contribution in [0.3, 0.4) is 0 Å². The molecule has 1 aromatic carbocycles. The van der Waals surface area contributed by atoms with Crippen molar-refractivity contribution >= 4 is 0 Å². The van der Waals surface area contributed by atoms with Gasteiger partial charge in [-0.1, -0.05) is 30.3 Å². The fourth-order valence-corrected chi connectivity index (χ4v) is 2.15. The van der Waals surface area contributed by atoms with Crippen LogP contribution in [0.15, 0.2) is 42.7 Å². The molecule has 0 saturated carbocycles. The topological polar surface area (TPSA) is 29.9 Å². The van der Waals surface area contributed by atoms with Crippen molar-refractivity contribution in [3.05, 3.63) is 53.9 Å². The molecule has 0 bridgehead atoms. The first-order valence-electron chi connectivity index (χ1n) is 7.09. The van der Waals surface area contributed by atoms with E-state index in [1.807, 2.05) is 10.9 Å². The minimum atomic E-state index is 0.371. The summed E-state index contributed by atoms with van der Waals surface area (Å²) in [5.74, 6) is 0. The van der Waals surface area contributed by atoms with Crippen LogP contribution in [0.25, 0.3) is 0 Å². The maximum absolute atomic E-state index is 4.31. The first kappa shape index (κ1) is 13.8. The summed E-state index contributed by atoms with van der Waals surface area (Å²) in [7, 11) is 0. The van der Waals surface area contributed by atoms with Gasteiger partial charge in [-0.2, -0.15) is 5.10 Å².